The Labute approximate surface area is 139 Å². The summed E-state index contributed by atoms with van der Waals surface area (Å²) < 4.78 is 0. The molecular weight excluding hydrogens is 284 g/mol. The van der Waals surface area contributed by atoms with Crippen molar-refractivity contribution >= 4 is 5.78 Å². The van der Waals surface area contributed by atoms with E-state index in [0.29, 0.717) is 18.1 Å². The minimum absolute atomic E-state index is 0.118. The number of carbonyl (C=O) groups excluding carboxylic acids is 1. The van der Waals surface area contributed by atoms with Gasteiger partial charge in [0.1, 0.15) is 0 Å². The Hall–Kier alpha value is -1.15. The zero-order chi connectivity index (χ0) is 16.4. The number of fused-ring (bicyclic) bond motifs is 4. The molecule has 0 heterocycles. The van der Waals surface area contributed by atoms with Gasteiger partial charge in [-0.05, 0) is 74.0 Å². The maximum absolute atomic E-state index is 11.8. The molecule has 0 bridgehead atoms. The van der Waals surface area contributed by atoms with Crippen molar-refractivity contribution in [2.75, 3.05) is 0 Å². The zero-order valence-electron chi connectivity index (χ0n) is 14.6. The number of hydrogen-bond donors (Lipinski definition) is 1. The highest BCUT2D eigenvalue weighted by Crippen LogP contribution is 2.62. The first-order valence-corrected chi connectivity index (χ1v) is 9.22. The van der Waals surface area contributed by atoms with Gasteiger partial charge in [-0.25, -0.2) is 0 Å². The minimum atomic E-state index is -0.238. The minimum Gasteiger partial charge on any atom is -0.393 e. The van der Waals surface area contributed by atoms with E-state index >= 15 is 0 Å². The van der Waals surface area contributed by atoms with E-state index in [1.54, 1.807) is 11.1 Å². The molecule has 0 fully saturated rings. The van der Waals surface area contributed by atoms with Crippen molar-refractivity contribution in [3.05, 3.63) is 34.4 Å². The molecule has 2 heteroatoms. The molecule has 0 aromatic rings. The van der Waals surface area contributed by atoms with Gasteiger partial charge in [0, 0.05) is 11.8 Å². The Bertz CT molecular complexity index is 663. The van der Waals surface area contributed by atoms with Crippen LogP contribution in [0.4, 0.5) is 0 Å². The lowest BCUT2D eigenvalue weighted by Crippen LogP contribution is -2.40. The summed E-state index contributed by atoms with van der Waals surface area (Å²) >= 11 is 0. The van der Waals surface area contributed by atoms with Crippen LogP contribution in [-0.2, 0) is 4.79 Å². The summed E-state index contributed by atoms with van der Waals surface area (Å²) in [7, 11) is 0. The topological polar surface area (TPSA) is 37.3 Å². The van der Waals surface area contributed by atoms with Crippen molar-refractivity contribution in [2.24, 2.45) is 16.7 Å². The summed E-state index contributed by atoms with van der Waals surface area (Å²) in [4.78, 5) is 11.8. The molecule has 4 rings (SSSR count). The monoisotopic (exact) mass is 312 g/mol. The highest BCUT2D eigenvalue weighted by Gasteiger charge is 2.51. The fourth-order valence-electron chi connectivity index (χ4n) is 5.96. The van der Waals surface area contributed by atoms with Gasteiger partial charge in [0.05, 0.1) is 6.10 Å². The highest BCUT2D eigenvalue weighted by molar-refractivity contribution is 5.92. The fourth-order valence-corrected chi connectivity index (χ4v) is 5.96. The molecule has 0 saturated carbocycles. The second kappa shape index (κ2) is 4.92. The molecule has 23 heavy (non-hydrogen) atoms. The molecule has 4 aliphatic rings. The molecule has 4 atom stereocenters. The van der Waals surface area contributed by atoms with Crippen LogP contribution in [0.25, 0.3) is 0 Å². The summed E-state index contributed by atoms with van der Waals surface area (Å²) in [6, 6.07) is 0. The van der Waals surface area contributed by atoms with Crippen molar-refractivity contribution in [1.29, 1.82) is 0 Å². The van der Waals surface area contributed by atoms with Crippen LogP contribution >= 0.6 is 0 Å². The van der Waals surface area contributed by atoms with Gasteiger partial charge in [0.25, 0.3) is 0 Å². The summed E-state index contributed by atoms with van der Waals surface area (Å²) in [5, 5.41) is 10.2. The highest BCUT2D eigenvalue weighted by atomic mass is 16.3. The quantitative estimate of drug-likeness (QED) is 0.774. The predicted molar refractivity (Wildman–Crippen MR) is 91.9 cm³/mol. The molecule has 2 nitrogen and oxygen atoms in total. The number of aliphatic hydroxyl groups is 1. The largest absolute Gasteiger partial charge is 0.393 e. The number of carbonyl (C=O) groups is 1. The smallest absolute Gasteiger partial charge is 0.155 e. The Morgan fingerprint density at radius 2 is 1.96 bits per heavy atom. The average Bonchev–Trinajstić information content (AvgIpc) is 2.85. The zero-order valence-corrected chi connectivity index (χ0v) is 14.6. The number of aliphatic hydroxyl groups excluding tert-OH is 1. The molecule has 0 amide bonds. The van der Waals surface area contributed by atoms with E-state index in [1.807, 2.05) is 13.0 Å². The van der Waals surface area contributed by atoms with E-state index in [-0.39, 0.29) is 16.9 Å². The summed E-state index contributed by atoms with van der Waals surface area (Å²) in [6.07, 6.45) is 11.2. The summed E-state index contributed by atoms with van der Waals surface area (Å²) in [6.45, 7) is 6.68. The molecular formula is C21H28O2. The van der Waals surface area contributed by atoms with Crippen LogP contribution < -0.4 is 0 Å². The number of rotatable bonds is 1. The van der Waals surface area contributed by atoms with Crippen molar-refractivity contribution < 1.29 is 9.90 Å². The van der Waals surface area contributed by atoms with Gasteiger partial charge >= 0.3 is 0 Å². The van der Waals surface area contributed by atoms with Gasteiger partial charge in [-0.2, -0.15) is 0 Å². The maximum Gasteiger partial charge on any atom is 0.155 e. The van der Waals surface area contributed by atoms with E-state index < -0.39 is 0 Å². The first kappa shape index (κ1) is 15.4. The van der Waals surface area contributed by atoms with Gasteiger partial charge in [0.2, 0.25) is 0 Å². The van der Waals surface area contributed by atoms with Crippen LogP contribution in [0, 0.1) is 16.7 Å². The molecule has 0 spiro atoms. The molecule has 1 N–H and O–H groups in total. The first-order valence-electron chi connectivity index (χ1n) is 9.22. The van der Waals surface area contributed by atoms with Gasteiger partial charge < -0.3 is 5.11 Å². The first-order chi connectivity index (χ1) is 10.9. The molecule has 124 valence electrons. The van der Waals surface area contributed by atoms with Crippen LogP contribution in [0.5, 0.6) is 0 Å². The Morgan fingerprint density at radius 3 is 2.70 bits per heavy atom. The SMILES string of the molecule is C[C@H](O)[C@H]1CC=C2C3=C(CC[C@@]21C)[C@@]1(C)CCC(=O)C=C1CC3. The van der Waals surface area contributed by atoms with Gasteiger partial charge in [-0.3, -0.25) is 4.79 Å². The van der Waals surface area contributed by atoms with Crippen LogP contribution in [0.15, 0.2) is 34.4 Å². The van der Waals surface area contributed by atoms with Crippen LogP contribution in [-0.4, -0.2) is 17.0 Å². The molecule has 0 radical (unpaired) electrons. The van der Waals surface area contributed by atoms with Crippen molar-refractivity contribution in [3.63, 3.8) is 0 Å². The second-order valence-corrected chi connectivity index (χ2v) is 8.54. The Kier molecular flexibility index (Phi) is 3.29. The third-order valence-electron chi connectivity index (χ3n) is 7.40. The molecule has 0 aromatic heterocycles. The van der Waals surface area contributed by atoms with E-state index in [1.165, 1.54) is 11.1 Å². The fraction of sp³-hybridized carbons (Fsp3) is 0.667. The normalized spacial score (nSPS) is 40.9. The van der Waals surface area contributed by atoms with E-state index in [0.717, 1.165) is 38.5 Å². The van der Waals surface area contributed by atoms with Gasteiger partial charge in [-0.15, -0.1) is 0 Å². The maximum atomic E-state index is 11.8. The number of hydrogen-bond acceptors (Lipinski definition) is 2. The van der Waals surface area contributed by atoms with E-state index in [2.05, 4.69) is 19.9 Å². The number of allylic oxidation sites excluding steroid dienone is 6. The van der Waals surface area contributed by atoms with Crippen LogP contribution in [0.1, 0.15) is 65.7 Å². The lowest BCUT2D eigenvalue weighted by Gasteiger charge is -2.50. The van der Waals surface area contributed by atoms with Gasteiger partial charge in [-0.1, -0.05) is 31.1 Å². The van der Waals surface area contributed by atoms with E-state index in [4.69, 9.17) is 0 Å². The Balaban J connectivity index is 1.79. The third-order valence-corrected chi connectivity index (χ3v) is 7.40. The van der Waals surface area contributed by atoms with E-state index in [9.17, 15) is 9.90 Å². The van der Waals surface area contributed by atoms with Crippen molar-refractivity contribution in [1.82, 2.24) is 0 Å². The third kappa shape index (κ3) is 2.00. The van der Waals surface area contributed by atoms with Crippen LogP contribution in [0.2, 0.25) is 0 Å². The van der Waals surface area contributed by atoms with Crippen LogP contribution in [0.3, 0.4) is 0 Å². The van der Waals surface area contributed by atoms with Gasteiger partial charge in [0.15, 0.2) is 5.78 Å². The van der Waals surface area contributed by atoms with Crippen molar-refractivity contribution in [3.8, 4) is 0 Å². The average molecular weight is 312 g/mol. The molecule has 0 aliphatic heterocycles. The molecule has 0 aromatic carbocycles. The molecule has 4 aliphatic carbocycles. The van der Waals surface area contributed by atoms with Crippen molar-refractivity contribution in [2.45, 2.75) is 71.8 Å². The lowest BCUT2D eigenvalue weighted by atomic mass is 9.54. The summed E-state index contributed by atoms with van der Waals surface area (Å²) in [5.74, 6) is 0.681. The lowest BCUT2D eigenvalue weighted by molar-refractivity contribution is -0.115. The molecule has 0 unspecified atom stereocenters. The summed E-state index contributed by atoms with van der Waals surface area (Å²) in [5.41, 5.74) is 6.36. The standard InChI is InChI=1S/C21H28O2/c1-13(22)17-6-7-18-16-5-4-14-12-15(23)8-10-20(14,2)19(16)9-11-21(17,18)3/h7,12-13,17,22H,4-6,8-11H2,1-3H3/t13-,17+,20-,21+/m0/s1. The molecule has 0 saturated heterocycles. The Morgan fingerprint density at radius 1 is 1.17 bits per heavy atom. The number of ketones is 1. The second-order valence-electron chi connectivity index (χ2n) is 8.54. The predicted octanol–water partition coefficient (Wildman–Crippen LogP) is 4.50.